The topological polar surface area (TPSA) is 96.2 Å². The van der Waals surface area contributed by atoms with E-state index in [1.54, 1.807) is 4.90 Å². The Balaban J connectivity index is 2.41. The number of aromatic nitrogens is 2. The predicted octanol–water partition coefficient (Wildman–Crippen LogP) is 1.67. The molecule has 1 aromatic carbocycles. The third-order valence-electron chi connectivity index (χ3n) is 4.04. The Labute approximate surface area is 157 Å². The number of aromatic amines is 1. The largest absolute Gasteiger partial charge is 0.383 e. The van der Waals surface area contributed by atoms with Gasteiger partial charge < -0.3 is 16.0 Å². The van der Waals surface area contributed by atoms with Crippen molar-refractivity contribution >= 4 is 28.8 Å². The van der Waals surface area contributed by atoms with Gasteiger partial charge in [0.25, 0.3) is 5.56 Å². The Bertz CT molecular complexity index is 860. The lowest BCUT2D eigenvalue weighted by Crippen LogP contribution is -2.45. The summed E-state index contributed by atoms with van der Waals surface area (Å²) in [7, 11) is 0. The van der Waals surface area contributed by atoms with Gasteiger partial charge in [-0.2, -0.15) is 0 Å². The third kappa shape index (κ3) is 4.51. The molecule has 2 aromatic rings. The van der Waals surface area contributed by atoms with Crippen LogP contribution in [0, 0.1) is 0 Å². The van der Waals surface area contributed by atoms with E-state index in [9.17, 15) is 9.59 Å². The lowest BCUT2D eigenvalue weighted by Gasteiger charge is -2.25. The second-order valence-electron chi connectivity index (χ2n) is 5.89. The number of hydrogen-bond donors (Lipinski definition) is 3. The number of H-pyrrole nitrogens is 1. The molecule has 0 saturated heterocycles. The average molecular weight is 375 g/mol. The van der Waals surface area contributed by atoms with Crippen molar-refractivity contribution in [3.05, 3.63) is 56.7 Å². The summed E-state index contributed by atoms with van der Waals surface area (Å²) in [5.74, 6) is 0.101. The summed E-state index contributed by atoms with van der Waals surface area (Å²) in [5, 5.41) is 3.55. The van der Waals surface area contributed by atoms with E-state index >= 15 is 0 Å². The minimum atomic E-state index is -0.543. The van der Waals surface area contributed by atoms with Gasteiger partial charge in [0.15, 0.2) is 10.8 Å². The van der Waals surface area contributed by atoms with Crippen LogP contribution in [0.1, 0.15) is 32.3 Å². The zero-order valence-corrected chi connectivity index (χ0v) is 15.9. The molecule has 0 bridgehead atoms. The lowest BCUT2D eigenvalue weighted by atomic mass is 10.2. The molecule has 0 unspecified atom stereocenters. The normalized spacial score (nSPS) is 10.5. The molecule has 7 nitrogen and oxygen atoms in total. The standard InChI is InChI=1S/C18H25N5O2S/c1-3-5-11-20-18(26)22(4-2)14-15(19)23(17(25)21-16(14)24)12-13-9-7-6-8-10-13/h6-10H,3-5,11-12,19H2,1-2H3,(H,20,26)(H,21,24,25). The highest BCUT2D eigenvalue weighted by atomic mass is 32.1. The molecule has 8 heteroatoms. The van der Waals surface area contributed by atoms with Crippen LogP contribution in [0.15, 0.2) is 39.9 Å². The van der Waals surface area contributed by atoms with Crippen LogP contribution in [-0.2, 0) is 6.54 Å². The minimum absolute atomic E-state index is 0.101. The van der Waals surface area contributed by atoms with Crippen LogP contribution in [-0.4, -0.2) is 27.8 Å². The zero-order valence-electron chi connectivity index (χ0n) is 15.1. The molecule has 140 valence electrons. The van der Waals surface area contributed by atoms with Crippen LogP contribution in [0.4, 0.5) is 11.5 Å². The quantitative estimate of drug-likeness (QED) is 0.503. The van der Waals surface area contributed by atoms with Crippen molar-refractivity contribution < 1.29 is 0 Å². The third-order valence-corrected chi connectivity index (χ3v) is 4.40. The number of nitrogens with two attached hydrogens (primary N) is 1. The van der Waals surface area contributed by atoms with Gasteiger partial charge in [0.1, 0.15) is 5.82 Å². The molecule has 2 rings (SSSR count). The van der Waals surface area contributed by atoms with Gasteiger partial charge in [0.05, 0.1) is 6.54 Å². The number of nitrogen functional groups attached to an aromatic ring is 1. The molecule has 0 aliphatic heterocycles. The SMILES string of the molecule is CCCCNC(=S)N(CC)c1c(N)n(Cc2ccccc2)c(=O)[nH]c1=O. The highest BCUT2D eigenvalue weighted by molar-refractivity contribution is 7.80. The molecular formula is C18H25N5O2S. The van der Waals surface area contributed by atoms with Crippen LogP contribution < -0.4 is 27.2 Å². The molecule has 0 aliphatic carbocycles. The minimum Gasteiger partial charge on any atom is -0.383 e. The second-order valence-corrected chi connectivity index (χ2v) is 6.28. The molecule has 26 heavy (non-hydrogen) atoms. The van der Waals surface area contributed by atoms with Crippen molar-refractivity contribution in [2.75, 3.05) is 23.7 Å². The van der Waals surface area contributed by atoms with Crippen molar-refractivity contribution in [1.29, 1.82) is 0 Å². The first kappa shape index (κ1) is 19.7. The van der Waals surface area contributed by atoms with E-state index in [1.807, 2.05) is 37.3 Å². The van der Waals surface area contributed by atoms with Gasteiger partial charge in [-0.25, -0.2) is 4.79 Å². The van der Waals surface area contributed by atoms with Gasteiger partial charge in [-0.1, -0.05) is 43.7 Å². The maximum Gasteiger partial charge on any atom is 0.330 e. The van der Waals surface area contributed by atoms with E-state index in [0.29, 0.717) is 18.2 Å². The van der Waals surface area contributed by atoms with E-state index in [0.717, 1.165) is 18.4 Å². The van der Waals surface area contributed by atoms with Gasteiger partial charge in [-0.05, 0) is 31.1 Å². The van der Waals surface area contributed by atoms with Crippen molar-refractivity contribution in [2.45, 2.75) is 33.2 Å². The van der Waals surface area contributed by atoms with E-state index in [2.05, 4.69) is 17.2 Å². The number of hydrogen-bond acceptors (Lipinski definition) is 4. The summed E-state index contributed by atoms with van der Waals surface area (Å²) < 4.78 is 1.35. The monoisotopic (exact) mass is 375 g/mol. The highest BCUT2D eigenvalue weighted by Crippen LogP contribution is 2.17. The fraction of sp³-hybridized carbons (Fsp3) is 0.389. The Kier molecular flexibility index (Phi) is 6.97. The zero-order chi connectivity index (χ0) is 19.1. The van der Waals surface area contributed by atoms with Gasteiger partial charge >= 0.3 is 5.69 Å². The first-order chi connectivity index (χ1) is 12.5. The Hall–Kier alpha value is -2.61. The Morgan fingerprint density at radius 2 is 1.96 bits per heavy atom. The van der Waals surface area contributed by atoms with Crippen LogP contribution in [0.2, 0.25) is 0 Å². The maximum atomic E-state index is 12.4. The molecule has 4 N–H and O–H groups in total. The van der Waals surface area contributed by atoms with Crippen LogP contribution in [0.25, 0.3) is 0 Å². The number of nitrogens with one attached hydrogen (secondary N) is 2. The predicted molar refractivity (Wildman–Crippen MR) is 110 cm³/mol. The highest BCUT2D eigenvalue weighted by Gasteiger charge is 2.20. The molecule has 1 aromatic heterocycles. The van der Waals surface area contributed by atoms with Crippen LogP contribution in [0.3, 0.4) is 0 Å². The summed E-state index contributed by atoms with van der Waals surface area (Å²) in [5.41, 5.74) is 6.23. The van der Waals surface area contributed by atoms with Crippen molar-refractivity contribution in [2.24, 2.45) is 0 Å². The van der Waals surface area contributed by atoms with Gasteiger partial charge in [0.2, 0.25) is 0 Å². The maximum absolute atomic E-state index is 12.4. The lowest BCUT2D eigenvalue weighted by molar-refractivity contribution is 0.726. The molecule has 0 saturated carbocycles. The summed E-state index contributed by atoms with van der Waals surface area (Å²) in [4.78, 5) is 28.7. The summed E-state index contributed by atoms with van der Waals surface area (Å²) in [6.07, 6.45) is 2.00. The second kappa shape index (κ2) is 9.19. The number of benzene rings is 1. The number of thiocarbonyl (C=S) groups is 1. The number of nitrogens with zero attached hydrogens (tertiary/aromatic N) is 2. The molecule has 0 fully saturated rings. The molecule has 0 amide bonds. The number of rotatable bonds is 7. The molecule has 0 spiro atoms. The van der Waals surface area contributed by atoms with E-state index in [1.165, 1.54) is 4.57 Å². The smallest absolute Gasteiger partial charge is 0.330 e. The van der Waals surface area contributed by atoms with Gasteiger partial charge in [-0.15, -0.1) is 0 Å². The molecule has 0 radical (unpaired) electrons. The Morgan fingerprint density at radius 3 is 2.58 bits per heavy atom. The average Bonchev–Trinajstić information content (AvgIpc) is 2.63. The van der Waals surface area contributed by atoms with Crippen molar-refractivity contribution in [1.82, 2.24) is 14.9 Å². The summed E-state index contributed by atoms with van der Waals surface area (Å²) in [6.45, 7) is 5.40. The molecular weight excluding hydrogens is 350 g/mol. The summed E-state index contributed by atoms with van der Waals surface area (Å²) >= 11 is 5.41. The fourth-order valence-electron chi connectivity index (χ4n) is 2.63. The van der Waals surface area contributed by atoms with E-state index in [4.69, 9.17) is 18.0 Å². The summed E-state index contributed by atoms with van der Waals surface area (Å²) in [6, 6.07) is 9.45. The van der Waals surface area contributed by atoms with Crippen molar-refractivity contribution in [3.8, 4) is 0 Å². The first-order valence-corrected chi connectivity index (χ1v) is 9.12. The van der Waals surface area contributed by atoms with Crippen LogP contribution >= 0.6 is 12.2 Å². The van der Waals surface area contributed by atoms with Gasteiger partial charge in [-0.3, -0.25) is 14.3 Å². The number of unbranched alkanes of at least 4 members (excludes halogenated alkanes) is 1. The van der Waals surface area contributed by atoms with Gasteiger partial charge in [0, 0.05) is 13.1 Å². The van der Waals surface area contributed by atoms with E-state index < -0.39 is 11.2 Å². The molecule has 1 heterocycles. The Morgan fingerprint density at radius 1 is 1.27 bits per heavy atom. The number of anilines is 2. The van der Waals surface area contributed by atoms with Crippen LogP contribution in [0.5, 0.6) is 0 Å². The molecule has 0 atom stereocenters. The fourth-order valence-corrected chi connectivity index (χ4v) is 2.95. The van der Waals surface area contributed by atoms with E-state index in [-0.39, 0.29) is 18.1 Å². The molecule has 0 aliphatic rings. The van der Waals surface area contributed by atoms with Crippen molar-refractivity contribution in [3.63, 3.8) is 0 Å². The first-order valence-electron chi connectivity index (χ1n) is 8.71.